The maximum absolute atomic E-state index is 13.3. The third-order valence-electron chi connectivity index (χ3n) is 11.1. The molecule has 6 heterocycles. The lowest BCUT2D eigenvalue weighted by molar-refractivity contribution is -0.0222. The van der Waals surface area contributed by atoms with Crippen molar-refractivity contribution in [3.05, 3.63) is 69.8 Å². The van der Waals surface area contributed by atoms with Crippen LogP contribution in [0.3, 0.4) is 0 Å². The molecule has 4 aromatic heterocycles. The second kappa shape index (κ2) is 19.9. The van der Waals surface area contributed by atoms with Gasteiger partial charge in [0.15, 0.2) is 43.0 Å². The van der Waals surface area contributed by atoms with Gasteiger partial charge in [-0.2, -0.15) is 0 Å². The van der Waals surface area contributed by atoms with Crippen LogP contribution in [-0.4, -0.2) is 102 Å². The predicted octanol–water partition coefficient (Wildman–Crippen LogP) is 7.25. The molecule has 0 radical (unpaired) electrons. The minimum absolute atomic E-state index is 0.0179. The van der Waals surface area contributed by atoms with Gasteiger partial charge in [0.05, 0.1) is 31.7 Å². The van der Waals surface area contributed by atoms with Crippen LogP contribution in [-0.2, 0) is 50.1 Å². The second-order valence-electron chi connectivity index (χ2n) is 17.5. The summed E-state index contributed by atoms with van der Waals surface area (Å²) in [4.78, 5) is 16.5. The average molecular weight is 944 g/mol. The summed E-state index contributed by atoms with van der Waals surface area (Å²) >= 11 is 11.7. The van der Waals surface area contributed by atoms with E-state index in [1.54, 1.807) is 13.8 Å². The van der Waals surface area contributed by atoms with Gasteiger partial charge in [-0.3, -0.25) is 0 Å². The molecule has 2 aliphatic rings. The first-order valence-electron chi connectivity index (χ1n) is 20.6. The molecule has 2 saturated heterocycles. The van der Waals surface area contributed by atoms with Gasteiger partial charge in [-0.15, -0.1) is 20.4 Å². The summed E-state index contributed by atoms with van der Waals surface area (Å²) in [6.07, 6.45) is 7.04. The molecule has 18 nitrogen and oxygen atoms in total. The SMILES string of the molecule is CO[C@H](c1ncc(Cl)cn1)[C@H](C)S(=O)(=O)Cc1nnc([C@@H]2CCC(C)(C)O2)n1C(C)C.CO[C@H](c1ncc(Cl)cn1)[C@H](C)S(=O)(=O)Cc1nnc([C@H]2CCC(C)(C)O2)n1C(C)C. The first kappa shape index (κ1) is 49.8. The Kier molecular flexibility index (Phi) is 16.0. The molecule has 0 N–H and O–H groups in total. The van der Waals surface area contributed by atoms with E-state index in [1.807, 2.05) is 64.5 Å². The molecule has 0 saturated carbocycles. The molecule has 6 rings (SSSR count). The Hall–Kier alpha value is -3.24. The lowest BCUT2D eigenvalue weighted by atomic mass is 10.1. The number of ether oxygens (including phenoxy) is 4. The third-order valence-corrected chi connectivity index (χ3v) is 15.5. The van der Waals surface area contributed by atoms with Crippen molar-refractivity contribution in [3.8, 4) is 0 Å². The summed E-state index contributed by atoms with van der Waals surface area (Å²) < 4.78 is 80.0. The molecule has 0 spiro atoms. The van der Waals surface area contributed by atoms with Crippen molar-refractivity contribution in [2.75, 3.05) is 14.2 Å². The highest BCUT2D eigenvalue weighted by Gasteiger charge is 2.40. The molecule has 0 bridgehead atoms. The molecule has 6 atom stereocenters. The summed E-state index contributed by atoms with van der Waals surface area (Å²) in [5.74, 6) is 2.08. The lowest BCUT2D eigenvalue weighted by Gasteiger charge is -2.23. The predicted molar refractivity (Wildman–Crippen MR) is 233 cm³/mol. The number of halogens is 2. The van der Waals surface area contributed by atoms with Crippen LogP contribution in [0.5, 0.6) is 0 Å². The van der Waals surface area contributed by atoms with Crippen molar-refractivity contribution in [2.45, 2.75) is 165 Å². The fraction of sp³-hybridized carbons (Fsp3) is 0.700. The molecule has 2 fully saturated rings. The Morgan fingerprint density at radius 1 is 0.629 bits per heavy atom. The van der Waals surface area contributed by atoms with E-state index in [4.69, 9.17) is 42.1 Å². The Morgan fingerprint density at radius 2 is 0.952 bits per heavy atom. The number of methoxy groups -OCH3 is 2. The Labute approximate surface area is 375 Å². The standard InChI is InChI=1S/2C20H30ClN5O4S/c2*1-12(2)26-16(24-25-19(26)15-7-8-20(4,5)30-15)11-31(27,28)13(3)17(29-6)18-22-9-14(21)10-23-18/h2*9-10,12-13,15,17H,7-8,11H2,1-6H3/t13-,15+,17-;13-,15-,17-/m00/s1. The van der Waals surface area contributed by atoms with Crippen LogP contribution in [0.15, 0.2) is 24.8 Å². The van der Waals surface area contributed by atoms with Crippen LogP contribution in [0.25, 0.3) is 0 Å². The van der Waals surface area contributed by atoms with Crippen molar-refractivity contribution in [2.24, 2.45) is 0 Å². The van der Waals surface area contributed by atoms with E-state index >= 15 is 0 Å². The molecule has 0 aliphatic carbocycles. The Bertz CT molecular complexity index is 2180. The molecular weight excluding hydrogens is 884 g/mol. The zero-order valence-corrected chi connectivity index (χ0v) is 40.6. The number of hydrogen-bond donors (Lipinski definition) is 0. The molecule has 0 unspecified atom stereocenters. The van der Waals surface area contributed by atoms with Crippen LogP contribution in [0.2, 0.25) is 10.0 Å². The first-order chi connectivity index (χ1) is 28.9. The summed E-state index contributed by atoms with van der Waals surface area (Å²) in [5, 5.41) is 16.0. The number of nitrogens with zero attached hydrogens (tertiary/aromatic N) is 10. The number of hydrogen-bond acceptors (Lipinski definition) is 16. The molecule has 62 heavy (non-hydrogen) atoms. The normalized spacial score (nSPS) is 20.8. The van der Waals surface area contributed by atoms with E-state index in [0.29, 0.717) is 33.3 Å². The molecule has 2 aliphatic heterocycles. The lowest BCUT2D eigenvalue weighted by Crippen LogP contribution is -2.30. The molecule has 4 aromatic rings. The van der Waals surface area contributed by atoms with Crippen LogP contribution in [0, 0.1) is 0 Å². The van der Waals surface area contributed by atoms with Gasteiger partial charge in [-0.1, -0.05) is 23.2 Å². The fourth-order valence-electron chi connectivity index (χ4n) is 7.71. The van der Waals surface area contributed by atoms with Crippen molar-refractivity contribution in [1.82, 2.24) is 49.5 Å². The van der Waals surface area contributed by atoms with Crippen molar-refractivity contribution >= 4 is 42.9 Å². The third kappa shape index (κ3) is 11.7. The monoisotopic (exact) mass is 942 g/mol. The zero-order chi connectivity index (χ0) is 45.9. The summed E-state index contributed by atoms with van der Waals surface area (Å²) in [7, 11) is -4.48. The number of aromatic nitrogens is 10. The van der Waals surface area contributed by atoms with Gasteiger partial charge < -0.3 is 28.1 Å². The minimum atomic E-state index is -3.67. The average Bonchev–Trinajstić information content (AvgIpc) is 3.98. The highest BCUT2D eigenvalue weighted by molar-refractivity contribution is 7.91. The van der Waals surface area contributed by atoms with Gasteiger partial charge in [0.2, 0.25) is 0 Å². The maximum atomic E-state index is 13.3. The van der Waals surface area contributed by atoms with Gasteiger partial charge in [-0.25, -0.2) is 36.8 Å². The zero-order valence-electron chi connectivity index (χ0n) is 37.5. The van der Waals surface area contributed by atoms with Crippen LogP contribution >= 0.6 is 23.2 Å². The fourth-order valence-corrected chi connectivity index (χ4v) is 10.8. The first-order valence-corrected chi connectivity index (χ1v) is 24.8. The number of rotatable bonds is 16. The van der Waals surface area contributed by atoms with E-state index in [9.17, 15) is 16.8 Å². The van der Waals surface area contributed by atoms with Crippen LogP contribution in [0.4, 0.5) is 0 Å². The topological polar surface area (TPSA) is 218 Å². The molecule has 22 heteroatoms. The van der Waals surface area contributed by atoms with Gasteiger partial charge in [-0.05, 0) is 94.9 Å². The minimum Gasteiger partial charge on any atom is -0.372 e. The molecule has 0 amide bonds. The van der Waals surface area contributed by atoms with Crippen LogP contribution in [0.1, 0.15) is 166 Å². The molecule has 0 aromatic carbocycles. The van der Waals surface area contributed by atoms with Gasteiger partial charge in [0.1, 0.15) is 47.6 Å². The van der Waals surface area contributed by atoms with E-state index in [1.165, 1.54) is 39.0 Å². The second-order valence-corrected chi connectivity index (χ2v) is 23.1. The largest absolute Gasteiger partial charge is 0.372 e. The summed E-state index contributed by atoms with van der Waals surface area (Å²) in [6, 6.07) is -0.0359. The van der Waals surface area contributed by atoms with Gasteiger partial charge >= 0.3 is 0 Å². The van der Waals surface area contributed by atoms with Gasteiger partial charge in [0.25, 0.3) is 0 Å². The molecular formula is C40H60Cl2N10O8S2. The van der Waals surface area contributed by atoms with Crippen molar-refractivity contribution in [3.63, 3.8) is 0 Å². The Balaban J connectivity index is 0.000000234. The van der Waals surface area contributed by atoms with E-state index < -0.39 is 42.4 Å². The van der Waals surface area contributed by atoms with Crippen molar-refractivity contribution in [1.29, 1.82) is 0 Å². The highest BCUT2D eigenvalue weighted by Crippen LogP contribution is 2.41. The smallest absolute Gasteiger partial charge is 0.163 e. The van der Waals surface area contributed by atoms with Crippen molar-refractivity contribution < 1.29 is 35.8 Å². The quantitative estimate of drug-likeness (QED) is 0.108. The number of sulfone groups is 2. The summed E-state index contributed by atoms with van der Waals surface area (Å²) in [6.45, 7) is 19.2. The van der Waals surface area contributed by atoms with Gasteiger partial charge in [0, 0.05) is 51.1 Å². The van der Waals surface area contributed by atoms with E-state index in [-0.39, 0.29) is 58.6 Å². The summed E-state index contributed by atoms with van der Waals surface area (Å²) in [5.41, 5.74) is -0.465. The Morgan fingerprint density at radius 3 is 1.21 bits per heavy atom. The molecule has 344 valence electrons. The van der Waals surface area contributed by atoms with Crippen LogP contribution < -0.4 is 0 Å². The van der Waals surface area contributed by atoms with E-state index in [0.717, 1.165) is 25.7 Å². The van der Waals surface area contributed by atoms with E-state index in [2.05, 4.69) is 40.3 Å². The maximum Gasteiger partial charge on any atom is 0.163 e. The highest BCUT2D eigenvalue weighted by atomic mass is 35.5.